The molecule has 0 atom stereocenters. The van der Waals surface area contributed by atoms with E-state index in [9.17, 15) is 4.39 Å². The van der Waals surface area contributed by atoms with Crippen LogP contribution in [0.25, 0.3) is 20.8 Å². The first-order valence-corrected chi connectivity index (χ1v) is 7.90. The van der Waals surface area contributed by atoms with Gasteiger partial charge < -0.3 is 0 Å². The zero-order valence-corrected chi connectivity index (χ0v) is 12.8. The second-order valence-corrected chi connectivity index (χ2v) is 6.07. The van der Waals surface area contributed by atoms with Crippen LogP contribution < -0.4 is 0 Å². The van der Waals surface area contributed by atoms with Crippen LogP contribution >= 0.6 is 38.9 Å². The van der Waals surface area contributed by atoms with Crippen molar-refractivity contribution >= 4 is 49.1 Å². The lowest BCUT2D eigenvalue weighted by atomic mass is 10.1. The van der Waals surface area contributed by atoms with E-state index in [-0.39, 0.29) is 5.82 Å². The average Bonchev–Trinajstić information content (AvgIpc) is 2.81. The third kappa shape index (κ3) is 2.53. The Kier molecular flexibility index (Phi) is 3.56. The molecule has 0 fully saturated rings. The van der Waals surface area contributed by atoms with Gasteiger partial charge in [-0.2, -0.15) is 0 Å². The molecule has 0 N–H and O–H groups in total. The molecule has 0 aliphatic rings. The molecule has 0 spiro atoms. The number of hydrogen-bond donors (Lipinski definition) is 0. The Hall–Kier alpha value is -0.970. The molecule has 0 amide bonds. The van der Waals surface area contributed by atoms with Crippen LogP contribution in [0.1, 0.15) is 5.56 Å². The molecule has 3 rings (SSSR count). The van der Waals surface area contributed by atoms with Gasteiger partial charge in [0.25, 0.3) is 0 Å². The fourth-order valence-corrected chi connectivity index (χ4v) is 3.70. The average molecular weight is 357 g/mol. The molecular weight excluding hydrogens is 349 g/mol. The fourth-order valence-electron chi connectivity index (χ4n) is 1.81. The Morgan fingerprint density at radius 1 is 1.21 bits per heavy atom. The van der Waals surface area contributed by atoms with E-state index in [0.29, 0.717) is 5.02 Å². The first kappa shape index (κ1) is 13.0. The molecule has 5 heteroatoms. The van der Waals surface area contributed by atoms with Crippen LogP contribution in [-0.4, -0.2) is 4.98 Å². The third-order valence-electron chi connectivity index (χ3n) is 2.79. The summed E-state index contributed by atoms with van der Waals surface area (Å²) >= 11 is 11.0. The number of hydrogen-bond acceptors (Lipinski definition) is 2. The second kappa shape index (κ2) is 5.19. The molecule has 1 aromatic heterocycles. The van der Waals surface area contributed by atoms with Gasteiger partial charge in [-0.15, -0.1) is 11.3 Å². The lowest BCUT2D eigenvalue weighted by Gasteiger charge is -2.02. The van der Waals surface area contributed by atoms with E-state index in [1.807, 2.05) is 18.2 Å². The maximum Gasteiger partial charge on any atom is 0.124 e. The Bertz CT molecular complexity index is 756. The maximum atomic E-state index is 13.2. The van der Waals surface area contributed by atoms with Crippen molar-refractivity contribution < 1.29 is 4.39 Å². The van der Waals surface area contributed by atoms with Gasteiger partial charge in [0.05, 0.1) is 10.2 Å². The number of halogens is 3. The van der Waals surface area contributed by atoms with Crippen LogP contribution in [0, 0.1) is 5.82 Å². The molecule has 1 heterocycles. The summed E-state index contributed by atoms with van der Waals surface area (Å²) in [4.78, 5) is 4.50. The summed E-state index contributed by atoms with van der Waals surface area (Å²) in [5.41, 5.74) is 2.80. The molecule has 19 heavy (non-hydrogen) atoms. The molecule has 3 aromatic rings. The molecule has 0 saturated carbocycles. The summed E-state index contributed by atoms with van der Waals surface area (Å²) in [7, 11) is 0. The Balaban J connectivity index is 2.11. The van der Waals surface area contributed by atoms with Crippen molar-refractivity contribution in [2.75, 3.05) is 0 Å². The van der Waals surface area contributed by atoms with Gasteiger partial charge in [0.1, 0.15) is 10.8 Å². The van der Waals surface area contributed by atoms with Gasteiger partial charge in [0.15, 0.2) is 0 Å². The van der Waals surface area contributed by atoms with E-state index in [0.717, 1.165) is 31.7 Å². The predicted octanol–water partition coefficient (Wildman–Crippen LogP) is 5.65. The topological polar surface area (TPSA) is 12.9 Å². The monoisotopic (exact) mass is 355 g/mol. The molecule has 96 valence electrons. The van der Waals surface area contributed by atoms with Crippen LogP contribution in [0.2, 0.25) is 5.02 Å². The van der Waals surface area contributed by atoms with Crippen LogP contribution in [0.3, 0.4) is 0 Å². The van der Waals surface area contributed by atoms with Crippen LogP contribution in [0.4, 0.5) is 4.39 Å². The molecule has 0 radical (unpaired) electrons. The Labute approximate surface area is 127 Å². The van der Waals surface area contributed by atoms with Crippen molar-refractivity contribution in [2.45, 2.75) is 5.33 Å². The third-order valence-corrected chi connectivity index (χ3v) is 4.82. The van der Waals surface area contributed by atoms with Crippen LogP contribution in [0.15, 0.2) is 36.4 Å². The van der Waals surface area contributed by atoms with Gasteiger partial charge in [-0.05, 0) is 29.8 Å². The zero-order valence-electron chi connectivity index (χ0n) is 9.66. The number of fused-ring (bicyclic) bond motifs is 1. The Morgan fingerprint density at radius 3 is 2.79 bits per heavy atom. The van der Waals surface area contributed by atoms with E-state index in [4.69, 9.17) is 11.6 Å². The van der Waals surface area contributed by atoms with Gasteiger partial charge in [-0.25, -0.2) is 9.37 Å². The summed E-state index contributed by atoms with van der Waals surface area (Å²) < 4.78 is 14.0. The second-order valence-electron chi connectivity index (χ2n) is 4.07. The van der Waals surface area contributed by atoms with Gasteiger partial charge >= 0.3 is 0 Å². The summed E-state index contributed by atoms with van der Waals surface area (Å²) in [5, 5.41) is 2.28. The summed E-state index contributed by atoms with van der Waals surface area (Å²) in [5.74, 6) is -0.240. The molecule has 0 bridgehead atoms. The smallest absolute Gasteiger partial charge is 0.124 e. The molecule has 0 saturated heterocycles. The van der Waals surface area contributed by atoms with E-state index in [2.05, 4.69) is 20.9 Å². The highest BCUT2D eigenvalue weighted by Gasteiger charge is 2.09. The van der Waals surface area contributed by atoms with Gasteiger partial charge in [-0.1, -0.05) is 39.7 Å². The quantitative estimate of drug-likeness (QED) is 0.541. The Morgan fingerprint density at radius 2 is 2.05 bits per heavy atom. The van der Waals surface area contributed by atoms with Gasteiger partial charge in [-0.3, -0.25) is 0 Å². The predicted molar refractivity (Wildman–Crippen MR) is 82.7 cm³/mol. The summed E-state index contributed by atoms with van der Waals surface area (Å²) in [6.45, 7) is 0. The number of aromatic nitrogens is 1. The lowest BCUT2D eigenvalue weighted by Crippen LogP contribution is -1.82. The first-order valence-electron chi connectivity index (χ1n) is 5.58. The summed E-state index contributed by atoms with van der Waals surface area (Å²) in [6, 6.07) is 10.5. The number of rotatable bonds is 2. The van der Waals surface area contributed by atoms with Crippen molar-refractivity contribution in [3.8, 4) is 10.6 Å². The number of nitrogens with zero attached hydrogens (tertiary/aromatic N) is 1. The highest BCUT2D eigenvalue weighted by Crippen LogP contribution is 2.33. The largest absolute Gasteiger partial charge is 0.236 e. The molecule has 2 aromatic carbocycles. The number of alkyl halides is 1. The highest BCUT2D eigenvalue weighted by atomic mass is 79.9. The van der Waals surface area contributed by atoms with Crippen molar-refractivity contribution in [3.05, 3.63) is 52.8 Å². The standard InChI is InChI=1S/C14H8BrClFNS/c15-7-9-2-1-8(5-11(9)16)14-18-12-4-3-10(17)6-13(12)19-14/h1-6H,7H2. The fraction of sp³-hybridized carbons (Fsp3) is 0.0714. The van der Waals surface area contributed by atoms with Crippen LogP contribution in [-0.2, 0) is 5.33 Å². The molecule has 0 unspecified atom stereocenters. The lowest BCUT2D eigenvalue weighted by molar-refractivity contribution is 0.630. The maximum absolute atomic E-state index is 13.2. The minimum absolute atomic E-state index is 0.240. The van der Waals surface area contributed by atoms with Gasteiger partial charge in [0, 0.05) is 15.9 Å². The first-order chi connectivity index (χ1) is 9.17. The molecular formula is C14H8BrClFNS. The normalized spacial score (nSPS) is 11.1. The number of benzene rings is 2. The SMILES string of the molecule is Fc1ccc2nc(-c3ccc(CBr)c(Cl)c3)sc2c1. The molecule has 0 aliphatic carbocycles. The highest BCUT2D eigenvalue weighted by molar-refractivity contribution is 9.08. The molecule has 0 aliphatic heterocycles. The van der Waals surface area contributed by atoms with Gasteiger partial charge in [0.2, 0.25) is 0 Å². The van der Waals surface area contributed by atoms with Crippen molar-refractivity contribution in [3.63, 3.8) is 0 Å². The minimum Gasteiger partial charge on any atom is -0.236 e. The van der Waals surface area contributed by atoms with E-state index >= 15 is 0 Å². The minimum atomic E-state index is -0.240. The van der Waals surface area contributed by atoms with E-state index < -0.39 is 0 Å². The van der Waals surface area contributed by atoms with E-state index in [1.165, 1.54) is 23.5 Å². The van der Waals surface area contributed by atoms with E-state index in [1.54, 1.807) is 6.07 Å². The molecule has 1 nitrogen and oxygen atoms in total. The van der Waals surface area contributed by atoms with Crippen molar-refractivity contribution in [1.82, 2.24) is 4.98 Å². The van der Waals surface area contributed by atoms with Crippen LogP contribution in [0.5, 0.6) is 0 Å². The van der Waals surface area contributed by atoms with Crippen molar-refractivity contribution in [2.24, 2.45) is 0 Å². The summed E-state index contributed by atoms with van der Waals surface area (Å²) in [6.07, 6.45) is 0. The number of thiazole rings is 1. The zero-order chi connectivity index (χ0) is 13.4. The van der Waals surface area contributed by atoms with Crippen molar-refractivity contribution in [1.29, 1.82) is 0 Å².